The predicted octanol–water partition coefficient (Wildman–Crippen LogP) is 4.32. The molecule has 0 atom stereocenters. The van der Waals surface area contributed by atoms with E-state index in [1.165, 1.54) is 0 Å². The maximum atomic E-state index is 14.1. The standard InChI is InChI=1S/C17H12F4N2O2S/c1-25-15-13(20)11(18)10(12(19)14(15)21)16(24)23-17-8(6-22)7-4-2-3-5-9(7)26-17/h2-5H2,1H3,(H,23,24). The Hall–Kier alpha value is -2.60. The molecule has 0 unspecified atom stereocenters. The largest absolute Gasteiger partial charge is 0.491 e. The number of ether oxygens (including phenoxy) is 1. The van der Waals surface area contributed by atoms with Crippen LogP contribution in [0.1, 0.15) is 39.2 Å². The summed E-state index contributed by atoms with van der Waals surface area (Å²) in [5, 5.41) is 11.7. The molecule has 0 radical (unpaired) electrons. The number of aryl methyl sites for hydroxylation is 1. The zero-order valence-electron chi connectivity index (χ0n) is 13.5. The van der Waals surface area contributed by atoms with Gasteiger partial charge in [0.15, 0.2) is 17.4 Å². The van der Waals surface area contributed by atoms with Crippen LogP contribution in [0.25, 0.3) is 0 Å². The Balaban J connectivity index is 2.03. The molecule has 136 valence electrons. The zero-order valence-corrected chi connectivity index (χ0v) is 14.3. The number of carbonyl (C=O) groups excluding carboxylic acids is 1. The summed E-state index contributed by atoms with van der Waals surface area (Å²) in [5.74, 6) is -9.96. The lowest BCUT2D eigenvalue weighted by Crippen LogP contribution is -2.18. The van der Waals surface area contributed by atoms with Crippen molar-refractivity contribution in [1.82, 2.24) is 0 Å². The molecule has 1 aromatic carbocycles. The summed E-state index contributed by atoms with van der Waals surface area (Å²) in [6.45, 7) is 0. The van der Waals surface area contributed by atoms with Crippen molar-refractivity contribution in [1.29, 1.82) is 5.26 Å². The highest BCUT2D eigenvalue weighted by atomic mass is 32.1. The van der Waals surface area contributed by atoms with Gasteiger partial charge in [0.05, 0.1) is 12.7 Å². The van der Waals surface area contributed by atoms with Crippen LogP contribution in [0.4, 0.5) is 22.6 Å². The Morgan fingerprint density at radius 2 is 1.73 bits per heavy atom. The first-order chi connectivity index (χ1) is 12.4. The van der Waals surface area contributed by atoms with E-state index in [1.807, 2.05) is 6.07 Å². The minimum atomic E-state index is -1.86. The second-order valence-electron chi connectivity index (χ2n) is 5.65. The number of nitriles is 1. The van der Waals surface area contributed by atoms with Crippen molar-refractivity contribution < 1.29 is 27.1 Å². The molecule has 0 aliphatic heterocycles. The minimum absolute atomic E-state index is 0.111. The van der Waals surface area contributed by atoms with Crippen molar-refractivity contribution in [2.45, 2.75) is 25.7 Å². The Kier molecular flexibility index (Phi) is 4.87. The quantitative estimate of drug-likeness (QED) is 0.633. The number of benzene rings is 1. The third-order valence-electron chi connectivity index (χ3n) is 4.16. The van der Waals surface area contributed by atoms with Crippen LogP contribution in [0.3, 0.4) is 0 Å². The van der Waals surface area contributed by atoms with Gasteiger partial charge >= 0.3 is 0 Å². The van der Waals surface area contributed by atoms with Gasteiger partial charge in [-0.3, -0.25) is 4.79 Å². The van der Waals surface area contributed by atoms with Crippen molar-refractivity contribution >= 4 is 22.2 Å². The molecule has 1 N–H and O–H groups in total. The van der Waals surface area contributed by atoms with Crippen LogP contribution in [-0.4, -0.2) is 13.0 Å². The van der Waals surface area contributed by atoms with E-state index < -0.39 is 40.5 Å². The number of amides is 1. The maximum absolute atomic E-state index is 14.1. The van der Waals surface area contributed by atoms with Crippen LogP contribution < -0.4 is 10.1 Å². The second-order valence-corrected chi connectivity index (χ2v) is 6.75. The summed E-state index contributed by atoms with van der Waals surface area (Å²) in [7, 11) is 0.843. The fourth-order valence-corrected chi connectivity index (χ4v) is 4.16. The number of rotatable bonds is 3. The number of hydrogen-bond acceptors (Lipinski definition) is 4. The predicted molar refractivity (Wildman–Crippen MR) is 86.5 cm³/mol. The van der Waals surface area contributed by atoms with Crippen molar-refractivity contribution in [3.05, 3.63) is 44.8 Å². The SMILES string of the molecule is COc1c(F)c(F)c(C(=O)Nc2sc3c(c2C#N)CCCC3)c(F)c1F. The molecule has 0 saturated heterocycles. The summed E-state index contributed by atoms with van der Waals surface area (Å²) in [4.78, 5) is 13.2. The molecule has 9 heteroatoms. The number of thiophene rings is 1. The first-order valence-electron chi connectivity index (χ1n) is 7.66. The summed E-state index contributed by atoms with van der Waals surface area (Å²) in [6, 6.07) is 1.97. The van der Waals surface area contributed by atoms with Gasteiger partial charge in [-0.05, 0) is 31.2 Å². The van der Waals surface area contributed by atoms with E-state index in [9.17, 15) is 27.6 Å². The molecule has 1 heterocycles. The van der Waals surface area contributed by atoms with Crippen molar-refractivity contribution in [3.63, 3.8) is 0 Å². The summed E-state index contributed by atoms with van der Waals surface area (Å²) in [5.41, 5.74) is -0.392. The van der Waals surface area contributed by atoms with Crippen molar-refractivity contribution in [2.75, 3.05) is 12.4 Å². The first kappa shape index (κ1) is 18.2. The molecule has 1 aromatic heterocycles. The highest BCUT2D eigenvalue weighted by Crippen LogP contribution is 2.38. The van der Waals surface area contributed by atoms with Crippen LogP contribution in [0.15, 0.2) is 0 Å². The van der Waals surface area contributed by atoms with E-state index in [1.54, 1.807) is 0 Å². The van der Waals surface area contributed by atoms with E-state index in [0.29, 0.717) is 6.42 Å². The van der Waals surface area contributed by atoms with Gasteiger partial charge in [0, 0.05) is 4.88 Å². The second kappa shape index (κ2) is 6.96. The first-order valence-corrected chi connectivity index (χ1v) is 8.48. The summed E-state index contributed by atoms with van der Waals surface area (Å²) < 4.78 is 60.0. The Labute approximate surface area is 150 Å². The minimum Gasteiger partial charge on any atom is -0.491 e. The van der Waals surface area contributed by atoms with E-state index >= 15 is 0 Å². The lowest BCUT2D eigenvalue weighted by molar-refractivity contribution is 0.101. The average molecular weight is 384 g/mol. The van der Waals surface area contributed by atoms with E-state index in [0.717, 1.165) is 48.1 Å². The van der Waals surface area contributed by atoms with Gasteiger partial charge in [0.1, 0.15) is 16.6 Å². The third-order valence-corrected chi connectivity index (χ3v) is 5.37. The van der Waals surface area contributed by atoms with Crippen LogP contribution in [0.5, 0.6) is 5.75 Å². The van der Waals surface area contributed by atoms with Crippen molar-refractivity contribution in [3.8, 4) is 11.8 Å². The zero-order chi connectivity index (χ0) is 19.0. The lowest BCUT2D eigenvalue weighted by atomic mass is 9.96. The highest BCUT2D eigenvalue weighted by molar-refractivity contribution is 7.16. The monoisotopic (exact) mass is 384 g/mol. The molecule has 4 nitrogen and oxygen atoms in total. The normalized spacial score (nSPS) is 13.1. The van der Waals surface area contributed by atoms with E-state index in [4.69, 9.17) is 0 Å². The molecule has 1 amide bonds. The van der Waals surface area contributed by atoms with Crippen LogP contribution >= 0.6 is 11.3 Å². The number of nitrogens with zero attached hydrogens (tertiary/aromatic N) is 1. The van der Waals surface area contributed by atoms with Crippen LogP contribution in [-0.2, 0) is 12.8 Å². The number of carbonyl (C=O) groups is 1. The molecular formula is C17H12F4N2O2S. The van der Waals surface area contributed by atoms with Gasteiger partial charge in [-0.15, -0.1) is 11.3 Å². The van der Waals surface area contributed by atoms with Crippen LogP contribution in [0, 0.1) is 34.6 Å². The smallest absolute Gasteiger partial charge is 0.262 e. The molecule has 1 aliphatic carbocycles. The molecule has 0 saturated carbocycles. The number of fused-ring (bicyclic) bond motifs is 1. The van der Waals surface area contributed by atoms with E-state index in [2.05, 4.69) is 10.1 Å². The summed E-state index contributed by atoms with van der Waals surface area (Å²) in [6.07, 6.45) is 3.23. The highest BCUT2D eigenvalue weighted by Gasteiger charge is 2.31. The number of anilines is 1. The molecule has 0 bridgehead atoms. The topological polar surface area (TPSA) is 62.1 Å². The Morgan fingerprint density at radius 1 is 1.12 bits per heavy atom. The van der Waals surface area contributed by atoms with Gasteiger partial charge in [0.2, 0.25) is 11.6 Å². The molecular weight excluding hydrogens is 372 g/mol. The average Bonchev–Trinajstić information content (AvgIpc) is 2.97. The molecule has 2 aromatic rings. The molecule has 0 fully saturated rings. The maximum Gasteiger partial charge on any atom is 0.262 e. The van der Waals surface area contributed by atoms with Gasteiger partial charge in [-0.1, -0.05) is 0 Å². The molecule has 26 heavy (non-hydrogen) atoms. The van der Waals surface area contributed by atoms with Gasteiger partial charge < -0.3 is 10.1 Å². The van der Waals surface area contributed by atoms with Gasteiger partial charge in [-0.2, -0.15) is 14.0 Å². The number of hydrogen-bond donors (Lipinski definition) is 1. The molecule has 1 aliphatic rings. The third kappa shape index (κ3) is 2.80. The fraction of sp³-hybridized carbons (Fsp3) is 0.294. The number of nitrogens with one attached hydrogen (secondary N) is 1. The van der Waals surface area contributed by atoms with Crippen LogP contribution in [0.2, 0.25) is 0 Å². The Bertz CT molecular complexity index is 920. The Morgan fingerprint density at radius 3 is 2.31 bits per heavy atom. The number of halogens is 4. The number of methoxy groups -OCH3 is 1. The van der Waals surface area contributed by atoms with Crippen molar-refractivity contribution in [2.24, 2.45) is 0 Å². The molecule has 3 rings (SSSR count). The van der Waals surface area contributed by atoms with Gasteiger partial charge in [-0.25, -0.2) is 8.78 Å². The van der Waals surface area contributed by atoms with Gasteiger partial charge in [0.25, 0.3) is 5.91 Å². The fourth-order valence-electron chi connectivity index (χ4n) is 2.93. The molecule has 0 spiro atoms. The lowest BCUT2D eigenvalue weighted by Gasteiger charge is -2.11. The van der Waals surface area contributed by atoms with E-state index in [-0.39, 0.29) is 10.6 Å². The summed E-state index contributed by atoms with van der Waals surface area (Å²) >= 11 is 1.13.